The van der Waals surface area contributed by atoms with E-state index in [9.17, 15) is 14.0 Å². The number of furan rings is 1. The molecule has 36 heavy (non-hydrogen) atoms. The topological polar surface area (TPSA) is 78.3 Å². The van der Waals surface area contributed by atoms with Crippen LogP contribution >= 0.6 is 0 Å². The molecule has 4 aromatic rings. The Kier molecular flexibility index (Phi) is 6.98. The van der Waals surface area contributed by atoms with Crippen LogP contribution in [0.3, 0.4) is 0 Å². The molecule has 2 aromatic carbocycles. The predicted octanol–water partition coefficient (Wildman–Crippen LogP) is 5.86. The van der Waals surface area contributed by atoms with Crippen molar-refractivity contribution in [2.24, 2.45) is 0 Å². The molecule has 1 fully saturated rings. The van der Waals surface area contributed by atoms with Crippen molar-refractivity contribution >= 4 is 11.8 Å². The van der Waals surface area contributed by atoms with Gasteiger partial charge >= 0.3 is 0 Å². The summed E-state index contributed by atoms with van der Waals surface area (Å²) < 4.78 is 19.0. The van der Waals surface area contributed by atoms with Gasteiger partial charge in [-0.15, -0.1) is 0 Å². The second kappa shape index (κ2) is 10.6. The SMILES string of the molecule is O=C(NC1CCCC1)[C@@H](c1ccc(F)cc1)N(Cc1ccoc1)C(=O)c1ccc(-c2ccccc2)[nH]1. The van der Waals surface area contributed by atoms with Crippen LogP contribution in [0.5, 0.6) is 0 Å². The van der Waals surface area contributed by atoms with Crippen LogP contribution in [0.4, 0.5) is 4.39 Å². The molecule has 0 spiro atoms. The maximum Gasteiger partial charge on any atom is 0.271 e. The average Bonchev–Trinajstić information content (AvgIpc) is 3.68. The Hall–Kier alpha value is -4.13. The lowest BCUT2D eigenvalue weighted by Crippen LogP contribution is -2.46. The van der Waals surface area contributed by atoms with Crippen molar-refractivity contribution < 1.29 is 18.4 Å². The van der Waals surface area contributed by atoms with E-state index in [-0.39, 0.29) is 24.4 Å². The van der Waals surface area contributed by atoms with Gasteiger partial charge in [-0.1, -0.05) is 55.3 Å². The van der Waals surface area contributed by atoms with Gasteiger partial charge in [-0.3, -0.25) is 9.59 Å². The number of halogens is 1. The lowest BCUT2D eigenvalue weighted by molar-refractivity contribution is -0.126. The first-order valence-corrected chi connectivity index (χ1v) is 12.2. The predicted molar refractivity (Wildman–Crippen MR) is 134 cm³/mol. The van der Waals surface area contributed by atoms with Crippen molar-refractivity contribution in [3.63, 3.8) is 0 Å². The zero-order chi connectivity index (χ0) is 24.9. The lowest BCUT2D eigenvalue weighted by atomic mass is 10.0. The number of amides is 2. The maximum atomic E-state index is 13.9. The zero-order valence-electron chi connectivity index (χ0n) is 19.8. The van der Waals surface area contributed by atoms with Gasteiger partial charge in [0.2, 0.25) is 5.91 Å². The first-order chi connectivity index (χ1) is 17.6. The van der Waals surface area contributed by atoms with Crippen LogP contribution in [0.1, 0.15) is 53.3 Å². The minimum Gasteiger partial charge on any atom is -0.472 e. The van der Waals surface area contributed by atoms with E-state index in [2.05, 4.69) is 10.3 Å². The van der Waals surface area contributed by atoms with Crippen molar-refractivity contribution in [1.29, 1.82) is 0 Å². The van der Waals surface area contributed by atoms with Gasteiger partial charge in [0, 0.05) is 17.3 Å². The summed E-state index contributed by atoms with van der Waals surface area (Å²) in [6, 6.07) is 19.9. The molecule has 2 heterocycles. The molecular formula is C29H28FN3O3. The monoisotopic (exact) mass is 485 g/mol. The summed E-state index contributed by atoms with van der Waals surface area (Å²) in [7, 11) is 0. The molecule has 0 unspecified atom stereocenters. The molecule has 2 N–H and O–H groups in total. The van der Waals surface area contributed by atoms with E-state index in [1.807, 2.05) is 36.4 Å². The molecule has 1 aliphatic rings. The number of carbonyl (C=O) groups is 2. The van der Waals surface area contributed by atoms with E-state index >= 15 is 0 Å². The number of hydrogen-bond donors (Lipinski definition) is 2. The molecule has 6 nitrogen and oxygen atoms in total. The van der Waals surface area contributed by atoms with Crippen molar-refractivity contribution in [3.05, 3.63) is 108 Å². The van der Waals surface area contributed by atoms with E-state index in [1.165, 1.54) is 23.3 Å². The van der Waals surface area contributed by atoms with Crippen molar-refractivity contribution in [3.8, 4) is 11.3 Å². The number of rotatable bonds is 8. The van der Waals surface area contributed by atoms with Gasteiger partial charge in [0.15, 0.2) is 0 Å². The number of H-pyrrole nitrogens is 1. The summed E-state index contributed by atoms with van der Waals surface area (Å²) in [6.07, 6.45) is 7.04. The molecule has 2 amide bonds. The minimum absolute atomic E-state index is 0.0708. The van der Waals surface area contributed by atoms with Crippen LogP contribution in [0.15, 0.2) is 89.7 Å². The van der Waals surface area contributed by atoms with Crippen LogP contribution in [0.25, 0.3) is 11.3 Å². The second-order valence-corrected chi connectivity index (χ2v) is 9.16. The molecule has 7 heteroatoms. The number of nitrogens with one attached hydrogen (secondary N) is 2. The second-order valence-electron chi connectivity index (χ2n) is 9.16. The molecule has 0 saturated heterocycles. The Morgan fingerprint density at radius 3 is 2.44 bits per heavy atom. The lowest BCUT2D eigenvalue weighted by Gasteiger charge is -2.32. The summed E-state index contributed by atoms with van der Waals surface area (Å²) in [6.45, 7) is 0.148. The Balaban J connectivity index is 1.52. The van der Waals surface area contributed by atoms with Crippen LogP contribution < -0.4 is 5.32 Å². The van der Waals surface area contributed by atoms with Gasteiger partial charge in [0.1, 0.15) is 17.6 Å². The molecule has 0 aliphatic heterocycles. The van der Waals surface area contributed by atoms with E-state index in [1.54, 1.807) is 30.5 Å². The standard InChI is InChI=1S/C29H28FN3O3/c30-23-12-10-22(11-13-23)27(28(34)31-24-8-4-5-9-24)33(18-20-16-17-36-19-20)29(35)26-15-14-25(32-26)21-6-2-1-3-7-21/h1-3,6-7,10-17,19,24,27,32H,4-5,8-9,18H2,(H,31,34)/t27-/m1/s1. The van der Waals surface area contributed by atoms with E-state index in [0.29, 0.717) is 11.3 Å². The minimum atomic E-state index is -0.947. The van der Waals surface area contributed by atoms with Crippen LogP contribution in [-0.2, 0) is 11.3 Å². The Morgan fingerprint density at radius 1 is 1.00 bits per heavy atom. The quantitative estimate of drug-likeness (QED) is 0.328. The molecule has 2 aromatic heterocycles. The highest BCUT2D eigenvalue weighted by molar-refractivity contribution is 5.97. The smallest absolute Gasteiger partial charge is 0.271 e. The molecule has 1 atom stereocenters. The van der Waals surface area contributed by atoms with Gasteiger partial charge in [-0.05, 0) is 54.3 Å². The summed E-state index contributed by atoms with van der Waals surface area (Å²) in [5, 5.41) is 3.13. The zero-order valence-corrected chi connectivity index (χ0v) is 19.8. The van der Waals surface area contributed by atoms with Crippen molar-refractivity contribution in [2.75, 3.05) is 0 Å². The third-order valence-corrected chi connectivity index (χ3v) is 6.64. The van der Waals surface area contributed by atoms with Crippen LogP contribution in [-0.4, -0.2) is 27.7 Å². The Labute approximate surface area is 209 Å². The van der Waals surface area contributed by atoms with Crippen molar-refractivity contribution in [1.82, 2.24) is 15.2 Å². The summed E-state index contributed by atoms with van der Waals surface area (Å²) in [5.74, 6) is -1.02. The summed E-state index contributed by atoms with van der Waals surface area (Å²) in [5.41, 5.74) is 3.40. The molecule has 1 aliphatic carbocycles. The van der Waals surface area contributed by atoms with Crippen molar-refractivity contribution in [2.45, 2.75) is 44.3 Å². The fourth-order valence-corrected chi connectivity index (χ4v) is 4.79. The van der Waals surface area contributed by atoms with E-state index in [0.717, 1.165) is 42.5 Å². The number of hydrogen-bond acceptors (Lipinski definition) is 3. The van der Waals surface area contributed by atoms with Crippen LogP contribution in [0, 0.1) is 5.82 Å². The average molecular weight is 486 g/mol. The highest BCUT2D eigenvalue weighted by Gasteiger charge is 2.34. The highest BCUT2D eigenvalue weighted by atomic mass is 19.1. The molecule has 184 valence electrons. The molecule has 1 saturated carbocycles. The molecular weight excluding hydrogens is 457 g/mol. The largest absolute Gasteiger partial charge is 0.472 e. The van der Waals surface area contributed by atoms with E-state index < -0.39 is 11.9 Å². The number of aromatic nitrogens is 1. The molecule has 5 rings (SSSR count). The highest BCUT2D eigenvalue weighted by Crippen LogP contribution is 2.28. The Morgan fingerprint density at radius 2 is 1.75 bits per heavy atom. The third-order valence-electron chi connectivity index (χ3n) is 6.64. The maximum absolute atomic E-state index is 13.9. The van der Waals surface area contributed by atoms with Gasteiger partial charge in [-0.2, -0.15) is 0 Å². The first-order valence-electron chi connectivity index (χ1n) is 12.2. The third kappa shape index (κ3) is 5.25. The number of aromatic amines is 1. The number of carbonyl (C=O) groups excluding carboxylic acids is 2. The van der Waals surface area contributed by atoms with Gasteiger partial charge < -0.3 is 19.6 Å². The summed E-state index contributed by atoms with van der Waals surface area (Å²) >= 11 is 0. The Bertz CT molecular complexity index is 1290. The summed E-state index contributed by atoms with van der Waals surface area (Å²) in [4.78, 5) is 32.4. The molecule has 0 bridgehead atoms. The first kappa shape index (κ1) is 23.6. The van der Waals surface area contributed by atoms with E-state index in [4.69, 9.17) is 4.42 Å². The fourth-order valence-electron chi connectivity index (χ4n) is 4.79. The number of benzene rings is 2. The van der Waals surface area contributed by atoms with Gasteiger partial charge in [0.05, 0.1) is 19.1 Å². The van der Waals surface area contributed by atoms with Gasteiger partial charge in [-0.25, -0.2) is 4.39 Å². The molecule has 0 radical (unpaired) electrons. The fraction of sp³-hybridized carbons (Fsp3) is 0.241. The van der Waals surface area contributed by atoms with Crippen LogP contribution in [0.2, 0.25) is 0 Å². The normalized spacial score (nSPS) is 14.5. The van der Waals surface area contributed by atoms with Gasteiger partial charge in [0.25, 0.3) is 5.91 Å². The number of nitrogens with zero attached hydrogens (tertiary/aromatic N) is 1.